The van der Waals surface area contributed by atoms with Crippen LogP contribution in [0.15, 0.2) is 37.2 Å². The third-order valence-corrected chi connectivity index (χ3v) is 2.95. The second-order valence-electron chi connectivity index (χ2n) is 4.05. The van der Waals surface area contributed by atoms with Crippen LogP contribution in [0.1, 0.15) is 15.9 Å². The molecule has 1 aromatic heterocycles. The first-order valence-electron chi connectivity index (χ1n) is 5.91. The van der Waals surface area contributed by atoms with Gasteiger partial charge in [0.05, 0.1) is 18.9 Å². The number of nitrogens with zero attached hydrogens (tertiary/aromatic N) is 2. The summed E-state index contributed by atoms with van der Waals surface area (Å²) in [6.45, 7) is 4.15. The van der Waals surface area contributed by atoms with Crippen LogP contribution < -0.4 is 5.32 Å². The molecular weight excluding hydrogens is 278 g/mol. The minimum Gasteiger partial charge on any atom is -0.465 e. The van der Waals surface area contributed by atoms with Crippen molar-refractivity contribution in [1.82, 2.24) is 9.78 Å². The van der Waals surface area contributed by atoms with Crippen LogP contribution in [0.5, 0.6) is 0 Å². The molecule has 1 heterocycles. The summed E-state index contributed by atoms with van der Waals surface area (Å²) in [5, 5.41) is 7.72. The smallest absolute Gasteiger partial charge is 0.340 e. The van der Waals surface area contributed by atoms with Crippen LogP contribution in [-0.4, -0.2) is 22.9 Å². The molecule has 104 valence electrons. The molecule has 0 atom stereocenters. The zero-order valence-corrected chi connectivity index (χ0v) is 11.7. The van der Waals surface area contributed by atoms with Crippen LogP contribution in [-0.2, 0) is 11.3 Å². The van der Waals surface area contributed by atoms with Crippen LogP contribution in [0.3, 0.4) is 0 Å². The van der Waals surface area contributed by atoms with E-state index in [4.69, 9.17) is 16.3 Å². The van der Waals surface area contributed by atoms with Crippen LogP contribution in [0.25, 0.3) is 6.20 Å². The number of methoxy groups -OCH3 is 1. The Labute approximate surface area is 121 Å². The van der Waals surface area contributed by atoms with Crippen LogP contribution in [0, 0.1) is 0 Å². The molecule has 0 unspecified atom stereocenters. The van der Waals surface area contributed by atoms with Gasteiger partial charge < -0.3 is 10.1 Å². The standard InChI is InChI=1S/C14H14ClN3O2/c1-3-18-9-10(8-17-18)7-16-13-5-4-11(15)6-12(13)14(19)20-2/h3-6,8-9,16H,1,7H2,2H3. The van der Waals surface area contributed by atoms with Gasteiger partial charge >= 0.3 is 5.97 Å². The fourth-order valence-corrected chi connectivity index (χ4v) is 1.89. The lowest BCUT2D eigenvalue weighted by atomic mass is 10.1. The van der Waals surface area contributed by atoms with Crippen molar-refractivity contribution < 1.29 is 9.53 Å². The second-order valence-corrected chi connectivity index (χ2v) is 4.48. The Bertz CT molecular complexity index is 637. The third kappa shape index (κ3) is 3.19. The van der Waals surface area contributed by atoms with Gasteiger partial charge in [0.25, 0.3) is 0 Å². The Kier molecular flexibility index (Phi) is 4.42. The third-order valence-electron chi connectivity index (χ3n) is 2.71. The summed E-state index contributed by atoms with van der Waals surface area (Å²) in [5.74, 6) is -0.434. The lowest BCUT2D eigenvalue weighted by Crippen LogP contribution is -2.08. The lowest BCUT2D eigenvalue weighted by molar-refractivity contribution is 0.0602. The first-order valence-corrected chi connectivity index (χ1v) is 6.29. The fourth-order valence-electron chi connectivity index (χ4n) is 1.72. The van der Waals surface area contributed by atoms with E-state index in [-0.39, 0.29) is 0 Å². The van der Waals surface area contributed by atoms with E-state index >= 15 is 0 Å². The predicted molar refractivity (Wildman–Crippen MR) is 78.7 cm³/mol. The second kappa shape index (κ2) is 6.25. The van der Waals surface area contributed by atoms with Gasteiger partial charge in [-0.2, -0.15) is 5.10 Å². The molecule has 0 aliphatic carbocycles. The molecule has 0 aliphatic heterocycles. The van der Waals surface area contributed by atoms with E-state index in [1.807, 2.05) is 6.20 Å². The van der Waals surface area contributed by atoms with E-state index in [1.54, 1.807) is 35.3 Å². The minimum atomic E-state index is -0.434. The number of nitrogens with one attached hydrogen (secondary N) is 1. The molecule has 5 nitrogen and oxygen atoms in total. The highest BCUT2D eigenvalue weighted by atomic mass is 35.5. The molecule has 1 aromatic carbocycles. The lowest BCUT2D eigenvalue weighted by Gasteiger charge is -2.10. The highest BCUT2D eigenvalue weighted by Crippen LogP contribution is 2.22. The number of benzene rings is 1. The van der Waals surface area contributed by atoms with Crippen molar-refractivity contribution in [3.63, 3.8) is 0 Å². The number of aromatic nitrogens is 2. The number of esters is 1. The van der Waals surface area contributed by atoms with Gasteiger partial charge in [0.1, 0.15) is 0 Å². The van der Waals surface area contributed by atoms with E-state index in [1.165, 1.54) is 7.11 Å². The van der Waals surface area contributed by atoms with Crippen molar-refractivity contribution in [2.75, 3.05) is 12.4 Å². The summed E-state index contributed by atoms with van der Waals surface area (Å²) in [6.07, 6.45) is 5.17. The number of carbonyl (C=O) groups is 1. The number of anilines is 1. The highest BCUT2D eigenvalue weighted by molar-refractivity contribution is 6.31. The molecule has 0 radical (unpaired) electrons. The Hall–Kier alpha value is -2.27. The van der Waals surface area contributed by atoms with E-state index < -0.39 is 5.97 Å². The topological polar surface area (TPSA) is 56.2 Å². The van der Waals surface area contributed by atoms with Crippen molar-refractivity contribution in [3.05, 3.63) is 53.3 Å². The predicted octanol–water partition coefficient (Wildman–Crippen LogP) is 3.04. The van der Waals surface area contributed by atoms with Crippen molar-refractivity contribution in [1.29, 1.82) is 0 Å². The minimum absolute atomic E-state index is 0.399. The molecule has 0 aliphatic rings. The Morgan fingerprint density at radius 1 is 1.60 bits per heavy atom. The molecule has 0 fully saturated rings. The highest BCUT2D eigenvalue weighted by Gasteiger charge is 2.12. The van der Waals surface area contributed by atoms with Crippen molar-refractivity contribution in [2.24, 2.45) is 0 Å². The monoisotopic (exact) mass is 291 g/mol. The summed E-state index contributed by atoms with van der Waals surface area (Å²) < 4.78 is 6.35. The molecule has 6 heteroatoms. The molecule has 1 N–H and O–H groups in total. The molecule has 0 saturated heterocycles. The van der Waals surface area contributed by atoms with Crippen LogP contribution in [0.4, 0.5) is 5.69 Å². The number of halogens is 1. The van der Waals surface area contributed by atoms with Crippen molar-refractivity contribution in [3.8, 4) is 0 Å². The average Bonchev–Trinajstić information content (AvgIpc) is 2.93. The number of ether oxygens (including phenoxy) is 1. The van der Waals surface area contributed by atoms with E-state index in [0.717, 1.165) is 5.56 Å². The van der Waals surface area contributed by atoms with Gasteiger partial charge in [0, 0.05) is 35.2 Å². The maximum Gasteiger partial charge on any atom is 0.340 e. The van der Waals surface area contributed by atoms with Gasteiger partial charge in [-0.25, -0.2) is 9.48 Å². The molecule has 2 rings (SSSR count). The molecule has 0 bridgehead atoms. The SMILES string of the molecule is C=Cn1cc(CNc2ccc(Cl)cc2C(=O)OC)cn1. The maximum atomic E-state index is 11.7. The Morgan fingerprint density at radius 3 is 3.05 bits per heavy atom. The van der Waals surface area contributed by atoms with E-state index in [2.05, 4.69) is 17.0 Å². The number of hydrogen-bond donors (Lipinski definition) is 1. The van der Waals surface area contributed by atoms with E-state index in [0.29, 0.717) is 22.8 Å². The first-order chi connectivity index (χ1) is 9.63. The number of carbonyl (C=O) groups excluding carboxylic acids is 1. The Morgan fingerprint density at radius 2 is 2.40 bits per heavy atom. The summed E-state index contributed by atoms with van der Waals surface area (Å²) >= 11 is 5.90. The van der Waals surface area contributed by atoms with Crippen molar-refractivity contribution in [2.45, 2.75) is 6.54 Å². The average molecular weight is 292 g/mol. The van der Waals surface area contributed by atoms with Gasteiger partial charge in [-0.15, -0.1) is 0 Å². The fraction of sp³-hybridized carbons (Fsp3) is 0.143. The molecule has 0 spiro atoms. The van der Waals surface area contributed by atoms with Gasteiger partial charge in [-0.3, -0.25) is 0 Å². The van der Waals surface area contributed by atoms with Crippen molar-refractivity contribution >= 4 is 29.5 Å². The summed E-state index contributed by atoms with van der Waals surface area (Å²) in [4.78, 5) is 11.7. The number of rotatable bonds is 5. The zero-order chi connectivity index (χ0) is 14.5. The maximum absolute atomic E-state index is 11.7. The Balaban J connectivity index is 2.16. The van der Waals surface area contributed by atoms with Crippen LogP contribution in [0.2, 0.25) is 5.02 Å². The van der Waals surface area contributed by atoms with Gasteiger partial charge in [0.15, 0.2) is 0 Å². The summed E-state index contributed by atoms with van der Waals surface area (Å²) in [7, 11) is 1.33. The van der Waals surface area contributed by atoms with Gasteiger partial charge in [0.2, 0.25) is 0 Å². The quantitative estimate of drug-likeness (QED) is 0.860. The van der Waals surface area contributed by atoms with Gasteiger partial charge in [-0.1, -0.05) is 18.2 Å². The summed E-state index contributed by atoms with van der Waals surface area (Å²) in [6, 6.07) is 5.03. The summed E-state index contributed by atoms with van der Waals surface area (Å²) in [5.41, 5.74) is 2.03. The molecule has 0 saturated carbocycles. The molecule has 2 aromatic rings. The van der Waals surface area contributed by atoms with Crippen LogP contribution >= 0.6 is 11.6 Å². The largest absolute Gasteiger partial charge is 0.465 e. The molecule has 0 amide bonds. The number of hydrogen-bond acceptors (Lipinski definition) is 4. The molecular formula is C14H14ClN3O2. The zero-order valence-electron chi connectivity index (χ0n) is 11.0. The normalized spacial score (nSPS) is 10.1. The van der Waals surface area contributed by atoms with E-state index in [9.17, 15) is 4.79 Å². The molecule has 20 heavy (non-hydrogen) atoms. The van der Waals surface area contributed by atoms with Gasteiger partial charge in [-0.05, 0) is 18.2 Å². The first kappa shape index (κ1) is 14.1.